The van der Waals surface area contributed by atoms with Crippen LogP contribution in [0.3, 0.4) is 0 Å². The molecule has 3 aromatic carbocycles. The number of carbonyl (C=O) groups excluding carboxylic acids is 2. The van der Waals surface area contributed by atoms with Crippen molar-refractivity contribution in [1.82, 2.24) is 5.32 Å². The predicted molar refractivity (Wildman–Crippen MR) is 123 cm³/mol. The number of ether oxygens (including phenoxy) is 3. The molecule has 8 nitrogen and oxygen atoms in total. The monoisotopic (exact) mass is 459 g/mol. The van der Waals surface area contributed by atoms with E-state index in [4.69, 9.17) is 14.2 Å². The smallest absolute Gasteiger partial charge is 0.330 e. The molecule has 3 aromatic rings. The number of hydrogen-bond donors (Lipinski definition) is 2. The Bertz CT molecular complexity index is 1250. The van der Waals surface area contributed by atoms with Crippen LogP contribution in [0.4, 0.5) is 0 Å². The summed E-state index contributed by atoms with van der Waals surface area (Å²) in [6.07, 6.45) is 1.63. The normalized spacial score (nSPS) is 14.1. The van der Waals surface area contributed by atoms with Crippen molar-refractivity contribution in [3.05, 3.63) is 95.2 Å². The van der Waals surface area contributed by atoms with Crippen molar-refractivity contribution in [3.63, 3.8) is 0 Å². The van der Waals surface area contributed by atoms with Crippen molar-refractivity contribution < 1.29 is 33.7 Å². The number of hydrogen-bond acceptors (Lipinski definition) is 6. The summed E-state index contributed by atoms with van der Waals surface area (Å²) in [6, 6.07) is 19.0. The first-order valence-corrected chi connectivity index (χ1v) is 10.4. The van der Waals surface area contributed by atoms with Crippen LogP contribution in [-0.2, 0) is 9.59 Å². The predicted octanol–water partition coefficient (Wildman–Crippen LogP) is 3.63. The lowest BCUT2D eigenvalue weighted by Gasteiger charge is -2.15. The maximum atomic E-state index is 12.6. The number of nitrogens with one attached hydrogen (secondary N) is 1. The highest BCUT2D eigenvalue weighted by Gasteiger charge is 2.28. The molecular weight excluding hydrogens is 438 g/mol. The van der Waals surface area contributed by atoms with E-state index in [9.17, 15) is 19.5 Å². The molecule has 2 N–H and O–H groups in total. The molecule has 0 saturated carbocycles. The fourth-order valence-corrected chi connectivity index (χ4v) is 3.39. The van der Waals surface area contributed by atoms with Crippen molar-refractivity contribution in [3.8, 4) is 17.2 Å². The van der Waals surface area contributed by atoms with E-state index in [2.05, 4.69) is 5.32 Å². The van der Waals surface area contributed by atoms with Gasteiger partial charge in [-0.1, -0.05) is 42.5 Å². The Hall–Kier alpha value is -4.59. The zero-order valence-corrected chi connectivity index (χ0v) is 18.2. The van der Waals surface area contributed by atoms with E-state index in [1.54, 1.807) is 79.9 Å². The Kier molecular flexibility index (Phi) is 6.59. The van der Waals surface area contributed by atoms with Crippen LogP contribution in [0, 0.1) is 0 Å². The first-order chi connectivity index (χ1) is 16.4. The van der Waals surface area contributed by atoms with Gasteiger partial charge in [0.1, 0.15) is 17.2 Å². The Morgan fingerprint density at radius 2 is 1.74 bits per heavy atom. The summed E-state index contributed by atoms with van der Waals surface area (Å²) in [5.41, 5.74) is 1.60. The Morgan fingerprint density at radius 1 is 1.03 bits per heavy atom. The van der Waals surface area contributed by atoms with Crippen LogP contribution in [0.1, 0.15) is 27.5 Å². The number of carboxylic acids is 1. The van der Waals surface area contributed by atoms with Gasteiger partial charge in [0.25, 0.3) is 5.91 Å². The first kappa shape index (κ1) is 22.6. The van der Waals surface area contributed by atoms with Gasteiger partial charge in [0, 0.05) is 6.07 Å². The number of aliphatic carboxylic acids is 1. The Labute approximate surface area is 195 Å². The van der Waals surface area contributed by atoms with Crippen molar-refractivity contribution in [1.29, 1.82) is 0 Å². The van der Waals surface area contributed by atoms with E-state index in [1.807, 2.05) is 0 Å². The van der Waals surface area contributed by atoms with Gasteiger partial charge in [-0.2, -0.15) is 0 Å². The van der Waals surface area contributed by atoms with Crippen molar-refractivity contribution >= 4 is 23.7 Å². The largest absolute Gasteiger partial charge is 0.497 e. The molecule has 0 fully saturated rings. The Morgan fingerprint density at radius 3 is 2.41 bits per heavy atom. The number of rotatable bonds is 8. The Balaban J connectivity index is 1.40. The number of carbonyl (C=O) groups is 3. The number of methoxy groups -OCH3 is 1. The number of Topliss-reactive ketones (excluding diaryl/α,β-unsaturated/α-hetero) is 1. The molecule has 1 heterocycles. The second kappa shape index (κ2) is 9.91. The summed E-state index contributed by atoms with van der Waals surface area (Å²) in [6.45, 7) is -0.405. The fraction of sp³-hybridized carbons (Fsp3) is 0.115. The lowest BCUT2D eigenvalue weighted by atomic mass is 10.1. The van der Waals surface area contributed by atoms with Crippen LogP contribution >= 0.6 is 0 Å². The van der Waals surface area contributed by atoms with Gasteiger partial charge in [0.05, 0.1) is 12.7 Å². The minimum absolute atomic E-state index is 0.169. The minimum Gasteiger partial charge on any atom is -0.497 e. The van der Waals surface area contributed by atoms with E-state index in [-0.39, 0.29) is 11.5 Å². The lowest BCUT2D eigenvalue weighted by Crippen LogP contribution is -2.36. The molecule has 4 rings (SSSR count). The molecule has 0 bridgehead atoms. The summed E-state index contributed by atoms with van der Waals surface area (Å²) in [4.78, 5) is 36.5. The molecule has 0 radical (unpaired) electrons. The number of amides is 1. The van der Waals surface area contributed by atoms with Gasteiger partial charge >= 0.3 is 5.97 Å². The SMILES string of the molecule is COc1ccc(C=C2Oc3cc(OCC(=O)N[C@H](C(=O)O)c4ccccc4)ccc3C2=O)cc1. The maximum absolute atomic E-state index is 12.6. The average Bonchev–Trinajstić information content (AvgIpc) is 3.16. The van der Waals surface area contributed by atoms with E-state index in [0.29, 0.717) is 28.4 Å². The first-order valence-electron chi connectivity index (χ1n) is 10.4. The fourth-order valence-electron chi connectivity index (χ4n) is 3.39. The zero-order valence-electron chi connectivity index (χ0n) is 18.2. The van der Waals surface area contributed by atoms with Crippen LogP contribution in [0.2, 0.25) is 0 Å². The number of fused-ring (bicyclic) bond motifs is 1. The molecule has 0 saturated heterocycles. The van der Waals surface area contributed by atoms with Crippen LogP contribution in [0.5, 0.6) is 17.2 Å². The molecule has 0 aliphatic carbocycles. The molecule has 0 unspecified atom stereocenters. The molecule has 34 heavy (non-hydrogen) atoms. The highest BCUT2D eigenvalue weighted by atomic mass is 16.5. The van der Waals surface area contributed by atoms with Crippen molar-refractivity contribution in [2.45, 2.75) is 6.04 Å². The third-order valence-electron chi connectivity index (χ3n) is 5.11. The van der Waals surface area contributed by atoms with Gasteiger partial charge in [-0.15, -0.1) is 0 Å². The van der Waals surface area contributed by atoms with E-state index in [0.717, 1.165) is 5.56 Å². The molecule has 1 aliphatic rings. The molecule has 8 heteroatoms. The third-order valence-corrected chi connectivity index (χ3v) is 5.11. The highest BCUT2D eigenvalue weighted by molar-refractivity contribution is 6.14. The maximum Gasteiger partial charge on any atom is 0.330 e. The zero-order chi connectivity index (χ0) is 24.1. The second-order valence-corrected chi connectivity index (χ2v) is 7.41. The van der Waals surface area contributed by atoms with Crippen LogP contribution in [0.15, 0.2) is 78.6 Å². The summed E-state index contributed by atoms with van der Waals surface area (Å²) < 4.78 is 16.3. The summed E-state index contributed by atoms with van der Waals surface area (Å²) in [5.74, 6) is -0.554. The van der Waals surface area contributed by atoms with Crippen LogP contribution in [0.25, 0.3) is 6.08 Å². The number of carboxylic acid groups (broad SMARTS) is 1. The molecule has 1 atom stereocenters. The molecular formula is C26H21NO7. The number of allylic oxidation sites excluding steroid dienone is 1. The second-order valence-electron chi connectivity index (χ2n) is 7.41. The van der Waals surface area contributed by atoms with E-state index >= 15 is 0 Å². The van der Waals surface area contributed by atoms with Gasteiger partial charge in [-0.3, -0.25) is 9.59 Å². The number of ketones is 1. The van der Waals surface area contributed by atoms with E-state index < -0.39 is 24.5 Å². The molecule has 1 aliphatic heterocycles. The van der Waals surface area contributed by atoms with Gasteiger partial charge < -0.3 is 24.6 Å². The van der Waals surface area contributed by atoms with Crippen LogP contribution in [-0.4, -0.2) is 36.5 Å². The van der Waals surface area contributed by atoms with Crippen molar-refractivity contribution in [2.24, 2.45) is 0 Å². The summed E-state index contributed by atoms with van der Waals surface area (Å²) >= 11 is 0. The average molecular weight is 459 g/mol. The highest BCUT2D eigenvalue weighted by Crippen LogP contribution is 2.35. The van der Waals surface area contributed by atoms with Gasteiger partial charge in [-0.25, -0.2) is 4.79 Å². The molecule has 1 amide bonds. The summed E-state index contributed by atoms with van der Waals surface area (Å²) in [5, 5.41) is 11.9. The molecule has 0 spiro atoms. The van der Waals surface area contributed by atoms with E-state index in [1.165, 1.54) is 6.07 Å². The van der Waals surface area contributed by atoms with Gasteiger partial charge in [0.15, 0.2) is 18.4 Å². The standard InChI is InChI=1S/C26H21NO7/c1-32-18-9-7-16(8-10-18)13-22-25(29)20-12-11-19(14-21(20)34-22)33-15-23(28)27-24(26(30)31)17-5-3-2-4-6-17/h2-14,24H,15H2,1H3,(H,27,28)(H,30,31)/t24-/m0/s1. The van der Waals surface area contributed by atoms with Crippen LogP contribution < -0.4 is 19.5 Å². The lowest BCUT2D eigenvalue weighted by molar-refractivity contribution is -0.142. The topological polar surface area (TPSA) is 111 Å². The minimum atomic E-state index is -1.19. The quantitative estimate of drug-likeness (QED) is 0.495. The third kappa shape index (κ3) is 5.07. The molecule has 0 aromatic heterocycles. The number of benzene rings is 3. The van der Waals surface area contributed by atoms with Crippen molar-refractivity contribution in [2.75, 3.05) is 13.7 Å². The molecule has 172 valence electrons. The summed E-state index contributed by atoms with van der Waals surface area (Å²) in [7, 11) is 1.57. The van der Waals surface area contributed by atoms with Gasteiger partial charge in [0.2, 0.25) is 5.78 Å². The van der Waals surface area contributed by atoms with Gasteiger partial charge in [-0.05, 0) is 41.5 Å².